The first-order valence-corrected chi connectivity index (χ1v) is 12.3. The maximum Gasteiger partial charge on any atom is 0.416 e. The molecule has 12 heteroatoms. The lowest BCUT2D eigenvalue weighted by molar-refractivity contribution is -0.138. The molecule has 36 heavy (non-hydrogen) atoms. The second-order valence-electron chi connectivity index (χ2n) is 8.19. The van der Waals surface area contributed by atoms with E-state index in [-0.39, 0.29) is 30.8 Å². The summed E-state index contributed by atoms with van der Waals surface area (Å²) < 4.78 is 75.5. The second-order valence-corrected chi connectivity index (χ2v) is 10.1. The first-order valence-electron chi connectivity index (χ1n) is 10.8. The van der Waals surface area contributed by atoms with Crippen molar-refractivity contribution >= 4 is 33.8 Å². The third-order valence-corrected chi connectivity index (χ3v) is 7.40. The van der Waals surface area contributed by atoms with E-state index < -0.39 is 38.7 Å². The van der Waals surface area contributed by atoms with Crippen LogP contribution in [0.15, 0.2) is 59.8 Å². The lowest BCUT2D eigenvalue weighted by Crippen LogP contribution is -2.43. The molecule has 1 aliphatic heterocycles. The molecule has 0 unspecified atom stereocenters. The highest BCUT2D eigenvalue weighted by molar-refractivity contribution is 7.92. The second kappa shape index (κ2) is 9.69. The van der Waals surface area contributed by atoms with Crippen molar-refractivity contribution in [3.05, 3.63) is 71.8 Å². The number of carbonyl (C=O) groups is 1. The Labute approximate surface area is 205 Å². The van der Waals surface area contributed by atoms with Gasteiger partial charge >= 0.3 is 12.1 Å². The molecule has 1 aromatic heterocycles. The van der Waals surface area contributed by atoms with Gasteiger partial charge in [0.2, 0.25) is 0 Å². The van der Waals surface area contributed by atoms with Crippen LogP contribution < -0.4 is 9.04 Å². The molecule has 3 aromatic rings. The Hall–Kier alpha value is -3.80. The third kappa shape index (κ3) is 5.38. The number of carboxylic acid groups (broad SMARTS) is 1. The number of sulfonamides is 1. The molecule has 8 nitrogen and oxygen atoms in total. The summed E-state index contributed by atoms with van der Waals surface area (Å²) in [4.78, 5) is 14.7. The molecule has 2 aromatic carbocycles. The number of aryl methyl sites for hydroxylation is 1. The van der Waals surface area contributed by atoms with Gasteiger partial charge in [0.1, 0.15) is 17.7 Å². The van der Waals surface area contributed by atoms with Crippen molar-refractivity contribution in [2.75, 3.05) is 10.8 Å². The van der Waals surface area contributed by atoms with Gasteiger partial charge in [-0.1, -0.05) is 18.2 Å². The van der Waals surface area contributed by atoms with Crippen LogP contribution in [-0.4, -0.2) is 41.7 Å². The number of rotatable bonds is 7. The van der Waals surface area contributed by atoms with Crippen molar-refractivity contribution < 1.29 is 36.2 Å². The van der Waals surface area contributed by atoms with Crippen LogP contribution in [0.2, 0.25) is 0 Å². The fourth-order valence-electron chi connectivity index (χ4n) is 3.76. The van der Waals surface area contributed by atoms with E-state index >= 15 is 0 Å². The number of carboxylic acids is 1. The monoisotopic (exact) mass is 521 g/mol. The molecule has 0 bridgehead atoms. The predicted octanol–water partition coefficient (Wildman–Crippen LogP) is 4.43. The minimum absolute atomic E-state index is 0.0181. The maximum absolute atomic E-state index is 13.6. The number of fused-ring (bicyclic) bond motifs is 1. The van der Waals surface area contributed by atoms with Crippen molar-refractivity contribution in [2.45, 2.75) is 30.0 Å². The fraction of sp³-hybridized carbons (Fsp3) is 0.250. The van der Waals surface area contributed by atoms with Crippen LogP contribution in [0.3, 0.4) is 0 Å². The van der Waals surface area contributed by atoms with Crippen LogP contribution in [0.4, 0.5) is 18.9 Å². The zero-order chi connectivity index (χ0) is 26.1. The number of nitrogens with zero attached hydrogens (tertiary/aromatic N) is 3. The summed E-state index contributed by atoms with van der Waals surface area (Å²) in [5, 5.41) is 9.03. The summed E-state index contributed by atoms with van der Waals surface area (Å²) in [5.41, 5.74) is -0.346. The number of benzene rings is 2. The minimum Gasteiger partial charge on any atom is -0.486 e. The normalized spacial score (nSPS) is 16.1. The van der Waals surface area contributed by atoms with Crippen molar-refractivity contribution in [1.29, 1.82) is 0 Å². The van der Waals surface area contributed by atoms with Gasteiger partial charge in [0.25, 0.3) is 10.0 Å². The zero-order valence-electron chi connectivity index (χ0n) is 19.0. The molecule has 4 rings (SSSR count). The molecule has 2 heterocycles. The quantitative estimate of drug-likeness (QED) is 0.494. The SMILES string of the molecule is Cn1ccnc1/C=C/c1ccc2c(c1)N(S(=O)(=O)c1cccc(C(F)(F)F)c1)C[C@H](CCC(=O)O)O2. The summed E-state index contributed by atoms with van der Waals surface area (Å²) in [5.74, 6) is -0.237. The number of aromatic nitrogens is 2. The van der Waals surface area contributed by atoms with E-state index in [1.54, 1.807) is 47.3 Å². The van der Waals surface area contributed by atoms with E-state index in [0.717, 1.165) is 22.5 Å². The van der Waals surface area contributed by atoms with Crippen LogP contribution in [0.5, 0.6) is 5.75 Å². The van der Waals surface area contributed by atoms with E-state index in [0.29, 0.717) is 17.5 Å². The van der Waals surface area contributed by atoms with Gasteiger partial charge in [-0.3, -0.25) is 9.10 Å². The van der Waals surface area contributed by atoms with Crippen LogP contribution in [0.1, 0.15) is 29.8 Å². The van der Waals surface area contributed by atoms with Crippen LogP contribution in [0, 0.1) is 0 Å². The van der Waals surface area contributed by atoms with Gasteiger partial charge in [-0.25, -0.2) is 13.4 Å². The van der Waals surface area contributed by atoms with Crippen molar-refractivity contribution in [3.8, 4) is 5.75 Å². The highest BCUT2D eigenvalue weighted by Crippen LogP contribution is 2.39. The molecular weight excluding hydrogens is 499 g/mol. The Morgan fingerprint density at radius 1 is 1.22 bits per heavy atom. The smallest absolute Gasteiger partial charge is 0.416 e. The fourth-order valence-corrected chi connectivity index (χ4v) is 5.31. The summed E-state index contributed by atoms with van der Waals surface area (Å²) in [7, 11) is -2.63. The molecule has 190 valence electrons. The average Bonchev–Trinajstić information content (AvgIpc) is 3.24. The molecule has 0 fully saturated rings. The van der Waals surface area contributed by atoms with E-state index in [4.69, 9.17) is 9.84 Å². The third-order valence-electron chi connectivity index (χ3n) is 5.63. The van der Waals surface area contributed by atoms with Gasteiger partial charge < -0.3 is 14.4 Å². The molecule has 1 aliphatic rings. The maximum atomic E-state index is 13.6. The summed E-state index contributed by atoms with van der Waals surface area (Å²) in [6.07, 6.45) is 1.07. The molecule has 0 spiro atoms. The van der Waals surface area contributed by atoms with Gasteiger partial charge in [0, 0.05) is 25.9 Å². The highest BCUT2D eigenvalue weighted by atomic mass is 32.2. The average molecular weight is 522 g/mol. The number of ether oxygens (including phenoxy) is 1. The van der Waals surface area contributed by atoms with Crippen molar-refractivity contribution in [3.63, 3.8) is 0 Å². The van der Waals surface area contributed by atoms with E-state index in [1.807, 2.05) is 7.05 Å². The van der Waals surface area contributed by atoms with Crippen LogP contribution in [-0.2, 0) is 28.0 Å². The number of halogens is 3. The molecule has 0 saturated heterocycles. The number of alkyl halides is 3. The molecule has 0 saturated carbocycles. The van der Waals surface area contributed by atoms with Crippen molar-refractivity contribution in [2.24, 2.45) is 7.05 Å². The number of anilines is 1. The minimum atomic E-state index is -4.72. The standard InChI is InChI=1S/C24H22F3N3O5S/c1-29-12-11-28-22(29)9-6-16-5-8-21-20(13-16)30(15-18(35-21)7-10-23(31)32)36(33,34)19-4-2-3-17(14-19)24(25,26)27/h2-6,8-9,11-14,18H,7,10,15H2,1H3,(H,31,32)/b9-6+/t18-/m0/s1. The Balaban J connectivity index is 1.75. The molecule has 1 N–H and O–H groups in total. The number of imidazole rings is 1. The van der Waals surface area contributed by atoms with Crippen LogP contribution >= 0.6 is 0 Å². The molecule has 0 amide bonds. The lowest BCUT2D eigenvalue weighted by atomic mass is 10.1. The Bertz CT molecular complexity index is 1420. The van der Waals surface area contributed by atoms with Gasteiger partial charge in [0.15, 0.2) is 0 Å². The van der Waals surface area contributed by atoms with E-state index in [9.17, 15) is 26.4 Å². The summed E-state index contributed by atoms with van der Waals surface area (Å²) in [6.45, 7) is -0.259. The van der Waals surface area contributed by atoms with Crippen molar-refractivity contribution in [1.82, 2.24) is 9.55 Å². The van der Waals surface area contributed by atoms with E-state index in [2.05, 4.69) is 4.98 Å². The molecule has 0 radical (unpaired) electrons. The van der Waals surface area contributed by atoms with Gasteiger partial charge in [-0.2, -0.15) is 13.2 Å². The van der Waals surface area contributed by atoms with Crippen LogP contribution in [0.25, 0.3) is 12.2 Å². The largest absolute Gasteiger partial charge is 0.486 e. The number of aliphatic carboxylic acids is 1. The van der Waals surface area contributed by atoms with Gasteiger partial charge in [-0.05, 0) is 48.4 Å². The predicted molar refractivity (Wildman–Crippen MR) is 126 cm³/mol. The molecule has 1 atom stereocenters. The Morgan fingerprint density at radius 3 is 2.67 bits per heavy atom. The summed E-state index contributed by atoms with van der Waals surface area (Å²) in [6, 6.07) is 8.29. The first kappa shape index (κ1) is 25.3. The highest BCUT2D eigenvalue weighted by Gasteiger charge is 2.37. The number of hydrogen-bond donors (Lipinski definition) is 1. The Morgan fingerprint density at radius 2 is 2.00 bits per heavy atom. The topological polar surface area (TPSA) is 102 Å². The summed E-state index contributed by atoms with van der Waals surface area (Å²) >= 11 is 0. The molecule has 0 aliphatic carbocycles. The van der Waals surface area contributed by atoms with Gasteiger partial charge in [-0.15, -0.1) is 0 Å². The molecular formula is C24H22F3N3O5S. The number of hydrogen-bond acceptors (Lipinski definition) is 5. The lowest BCUT2D eigenvalue weighted by Gasteiger charge is -2.35. The van der Waals surface area contributed by atoms with E-state index in [1.165, 1.54) is 0 Å². The first-order chi connectivity index (χ1) is 16.9. The Kier molecular flexibility index (Phi) is 6.81. The zero-order valence-corrected chi connectivity index (χ0v) is 19.8. The van der Waals surface area contributed by atoms with Gasteiger partial charge in [0.05, 0.1) is 22.7 Å².